The molecule has 1 aromatic carbocycles. The molecule has 1 aliphatic rings. The summed E-state index contributed by atoms with van der Waals surface area (Å²) >= 11 is 0. The molecule has 1 atom stereocenters. The molecule has 2 aromatic rings. The number of rotatable bonds is 3. The second-order valence-corrected chi connectivity index (χ2v) is 5.82. The van der Waals surface area contributed by atoms with E-state index in [0.29, 0.717) is 18.7 Å². The van der Waals surface area contributed by atoms with Crippen molar-refractivity contribution in [3.63, 3.8) is 0 Å². The van der Waals surface area contributed by atoms with Crippen LogP contribution in [0.2, 0.25) is 0 Å². The molecule has 1 aliphatic heterocycles. The largest absolute Gasteiger partial charge is 0.345 e. The van der Waals surface area contributed by atoms with Gasteiger partial charge in [-0.25, -0.2) is 14.2 Å². The number of carbonyl (C=O) groups is 1. The van der Waals surface area contributed by atoms with Gasteiger partial charge in [0.25, 0.3) is 0 Å². The van der Waals surface area contributed by atoms with Crippen LogP contribution in [0.5, 0.6) is 0 Å². The van der Waals surface area contributed by atoms with Gasteiger partial charge in [-0.3, -0.25) is 4.79 Å². The lowest BCUT2D eigenvalue weighted by atomic mass is 9.94. The van der Waals surface area contributed by atoms with Crippen molar-refractivity contribution in [3.05, 3.63) is 64.1 Å². The Morgan fingerprint density at radius 2 is 2.26 bits per heavy atom. The fraction of sp³-hybridized carbons (Fsp3) is 0.353. The number of likely N-dealkylation sites (tertiary alicyclic amines) is 1. The van der Waals surface area contributed by atoms with Crippen LogP contribution in [0.25, 0.3) is 0 Å². The van der Waals surface area contributed by atoms with Gasteiger partial charge in [0.15, 0.2) is 0 Å². The van der Waals surface area contributed by atoms with E-state index in [4.69, 9.17) is 0 Å². The zero-order chi connectivity index (χ0) is 16.2. The fourth-order valence-electron chi connectivity index (χ4n) is 3.01. The Hall–Kier alpha value is -2.50. The summed E-state index contributed by atoms with van der Waals surface area (Å²) in [5, 5.41) is 0. The highest BCUT2D eigenvalue weighted by Gasteiger charge is 2.25. The molecule has 0 bridgehead atoms. The van der Waals surface area contributed by atoms with Crippen LogP contribution in [0, 0.1) is 5.82 Å². The van der Waals surface area contributed by atoms with Gasteiger partial charge in [0.05, 0.1) is 6.42 Å². The molecule has 0 radical (unpaired) electrons. The van der Waals surface area contributed by atoms with Crippen LogP contribution in [-0.4, -0.2) is 33.9 Å². The number of hydrogen-bond donors (Lipinski definition) is 1. The number of H-pyrrole nitrogens is 1. The number of piperidine rings is 1. The molecule has 5 nitrogen and oxygen atoms in total. The highest BCUT2D eigenvalue weighted by molar-refractivity contribution is 5.79. The summed E-state index contributed by atoms with van der Waals surface area (Å²) in [4.78, 5) is 31.9. The van der Waals surface area contributed by atoms with E-state index in [-0.39, 0.29) is 29.8 Å². The van der Waals surface area contributed by atoms with Gasteiger partial charge in [-0.1, -0.05) is 12.1 Å². The first kappa shape index (κ1) is 15.4. The lowest BCUT2D eigenvalue weighted by molar-refractivity contribution is -0.131. The quantitative estimate of drug-likeness (QED) is 0.940. The molecule has 0 aliphatic carbocycles. The molecule has 120 valence electrons. The summed E-state index contributed by atoms with van der Waals surface area (Å²) < 4.78 is 13.2. The average Bonchev–Trinajstić information content (AvgIpc) is 2.55. The third-order valence-corrected chi connectivity index (χ3v) is 4.16. The SMILES string of the molecule is O=C(Cc1cccc(F)c1)N1CCC[C@@H](c2ccnc(=O)[nH]2)C1. The highest BCUT2D eigenvalue weighted by atomic mass is 19.1. The van der Waals surface area contributed by atoms with Crippen LogP contribution < -0.4 is 5.69 Å². The first-order valence-corrected chi connectivity index (χ1v) is 7.69. The van der Waals surface area contributed by atoms with Crippen LogP contribution in [-0.2, 0) is 11.2 Å². The van der Waals surface area contributed by atoms with E-state index in [1.807, 2.05) is 0 Å². The van der Waals surface area contributed by atoms with Crippen LogP contribution >= 0.6 is 0 Å². The van der Waals surface area contributed by atoms with E-state index in [9.17, 15) is 14.0 Å². The Labute approximate surface area is 133 Å². The molecular weight excluding hydrogens is 297 g/mol. The Morgan fingerprint density at radius 3 is 3.04 bits per heavy atom. The minimum absolute atomic E-state index is 0.0169. The molecule has 1 aromatic heterocycles. The van der Waals surface area contributed by atoms with Crippen LogP contribution in [0.4, 0.5) is 4.39 Å². The highest BCUT2D eigenvalue weighted by Crippen LogP contribution is 2.25. The lowest BCUT2D eigenvalue weighted by Crippen LogP contribution is -2.40. The second-order valence-electron chi connectivity index (χ2n) is 5.82. The Morgan fingerprint density at radius 1 is 1.39 bits per heavy atom. The molecule has 0 spiro atoms. The van der Waals surface area contributed by atoms with Crippen molar-refractivity contribution in [2.75, 3.05) is 13.1 Å². The average molecular weight is 315 g/mol. The third kappa shape index (κ3) is 3.83. The van der Waals surface area contributed by atoms with Gasteiger partial charge < -0.3 is 9.88 Å². The van der Waals surface area contributed by atoms with Crippen molar-refractivity contribution in [1.82, 2.24) is 14.9 Å². The Balaban J connectivity index is 1.68. The molecule has 2 heterocycles. The standard InChI is InChI=1S/C17H18FN3O2/c18-14-5-1-3-12(9-14)10-16(22)21-8-2-4-13(11-21)15-6-7-19-17(23)20-15/h1,3,5-7,9,13H,2,4,8,10-11H2,(H,19,20,23)/t13-/m1/s1. The number of amides is 1. The van der Waals surface area contributed by atoms with Gasteiger partial charge >= 0.3 is 5.69 Å². The van der Waals surface area contributed by atoms with E-state index in [0.717, 1.165) is 18.5 Å². The van der Waals surface area contributed by atoms with Crippen LogP contribution in [0.15, 0.2) is 41.3 Å². The minimum atomic E-state index is -0.370. The Kier molecular flexibility index (Phi) is 4.50. The van der Waals surface area contributed by atoms with Gasteiger partial charge in [0.1, 0.15) is 5.82 Å². The molecule has 0 saturated carbocycles. The minimum Gasteiger partial charge on any atom is -0.342 e. The lowest BCUT2D eigenvalue weighted by Gasteiger charge is -2.32. The molecule has 1 N–H and O–H groups in total. The summed E-state index contributed by atoms with van der Waals surface area (Å²) in [5.41, 5.74) is 1.12. The molecular formula is C17H18FN3O2. The summed E-state index contributed by atoms with van der Waals surface area (Å²) in [6.45, 7) is 1.26. The number of nitrogens with zero attached hydrogens (tertiary/aromatic N) is 2. The zero-order valence-electron chi connectivity index (χ0n) is 12.7. The summed E-state index contributed by atoms with van der Waals surface area (Å²) in [5.74, 6) is -0.242. The fourth-order valence-corrected chi connectivity index (χ4v) is 3.01. The summed E-state index contributed by atoms with van der Waals surface area (Å²) in [6.07, 6.45) is 3.48. The zero-order valence-corrected chi connectivity index (χ0v) is 12.7. The van der Waals surface area contributed by atoms with Crippen molar-refractivity contribution in [3.8, 4) is 0 Å². The maximum absolute atomic E-state index is 13.2. The Bertz CT molecular complexity index is 759. The molecule has 1 saturated heterocycles. The van der Waals surface area contributed by atoms with Gasteiger partial charge in [0, 0.05) is 30.9 Å². The van der Waals surface area contributed by atoms with Crippen molar-refractivity contribution in [2.24, 2.45) is 0 Å². The second kappa shape index (κ2) is 6.73. The number of hydrogen-bond acceptors (Lipinski definition) is 3. The maximum atomic E-state index is 13.2. The normalized spacial score (nSPS) is 18.0. The van der Waals surface area contributed by atoms with E-state index >= 15 is 0 Å². The number of aromatic nitrogens is 2. The third-order valence-electron chi connectivity index (χ3n) is 4.16. The first-order valence-electron chi connectivity index (χ1n) is 7.69. The monoisotopic (exact) mass is 315 g/mol. The predicted octanol–water partition coefficient (Wildman–Crippen LogP) is 1.86. The predicted molar refractivity (Wildman–Crippen MR) is 83.5 cm³/mol. The number of benzene rings is 1. The van der Waals surface area contributed by atoms with Crippen LogP contribution in [0.3, 0.4) is 0 Å². The van der Waals surface area contributed by atoms with Crippen LogP contribution in [0.1, 0.15) is 30.0 Å². The smallest absolute Gasteiger partial charge is 0.342 e. The molecule has 23 heavy (non-hydrogen) atoms. The van der Waals surface area contributed by atoms with E-state index < -0.39 is 0 Å². The van der Waals surface area contributed by atoms with Gasteiger partial charge in [-0.15, -0.1) is 0 Å². The summed E-state index contributed by atoms with van der Waals surface area (Å²) in [7, 11) is 0. The number of nitrogens with one attached hydrogen (secondary N) is 1. The molecule has 3 rings (SSSR count). The molecule has 1 amide bonds. The van der Waals surface area contributed by atoms with Gasteiger partial charge in [-0.05, 0) is 36.6 Å². The first-order chi connectivity index (χ1) is 11.1. The molecule has 1 fully saturated rings. The molecule has 0 unspecified atom stereocenters. The topological polar surface area (TPSA) is 66.1 Å². The van der Waals surface area contributed by atoms with Gasteiger partial charge in [-0.2, -0.15) is 0 Å². The maximum Gasteiger partial charge on any atom is 0.345 e. The summed E-state index contributed by atoms with van der Waals surface area (Å²) in [6, 6.07) is 7.90. The van der Waals surface area contributed by atoms with Gasteiger partial charge in [0.2, 0.25) is 5.91 Å². The van der Waals surface area contributed by atoms with E-state index in [2.05, 4.69) is 9.97 Å². The molecule has 6 heteroatoms. The van der Waals surface area contributed by atoms with E-state index in [1.54, 1.807) is 23.1 Å². The van der Waals surface area contributed by atoms with Crippen molar-refractivity contribution < 1.29 is 9.18 Å². The van der Waals surface area contributed by atoms with Crippen molar-refractivity contribution >= 4 is 5.91 Å². The van der Waals surface area contributed by atoms with Crippen molar-refractivity contribution in [1.29, 1.82) is 0 Å². The number of carbonyl (C=O) groups excluding carboxylic acids is 1. The number of halogens is 1. The number of aromatic amines is 1. The van der Waals surface area contributed by atoms with E-state index in [1.165, 1.54) is 18.3 Å². The van der Waals surface area contributed by atoms with Crippen molar-refractivity contribution in [2.45, 2.75) is 25.2 Å².